The third-order valence-corrected chi connectivity index (χ3v) is 4.01. The summed E-state index contributed by atoms with van der Waals surface area (Å²) < 4.78 is 1.39. The van der Waals surface area contributed by atoms with Gasteiger partial charge in [-0.25, -0.2) is 4.68 Å². The lowest BCUT2D eigenvalue weighted by atomic mass is 10.0. The summed E-state index contributed by atoms with van der Waals surface area (Å²) in [5.74, 6) is 0.324. The van der Waals surface area contributed by atoms with E-state index in [-0.39, 0.29) is 17.4 Å². The Hall–Kier alpha value is -1.95. The second-order valence-corrected chi connectivity index (χ2v) is 5.72. The lowest BCUT2D eigenvalue weighted by molar-refractivity contribution is -0.120. The number of carbonyl (C=O) groups excluding carboxylic acids is 1. The Balaban J connectivity index is 1.87. The maximum Gasteiger partial charge on any atom is 0.277 e. The van der Waals surface area contributed by atoms with Gasteiger partial charge in [0, 0.05) is 24.5 Å². The lowest BCUT2D eigenvalue weighted by Gasteiger charge is -2.13. The summed E-state index contributed by atoms with van der Waals surface area (Å²) in [5.41, 5.74) is 0.335. The summed E-state index contributed by atoms with van der Waals surface area (Å²) in [7, 11) is 0. The van der Waals surface area contributed by atoms with Gasteiger partial charge in [0.25, 0.3) is 5.56 Å². The van der Waals surface area contributed by atoms with Crippen LogP contribution in [0.1, 0.15) is 19.3 Å². The van der Waals surface area contributed by atoms with E-state index in [0.717, 1.165) is 12.8 Å². The van der Waals surface area contributed by atoms with Crippen molar-refractivity contribution in [3.05, 3.63) is 33.6 Å². The maximum absolute atomic E-state index is 12.4. The van der Waals surface area contributed by atoms with Gasteiger partial charge in [-0.15, -0.1) is 5.10 Å². The van der Waals surface area contributed by atoms with Crippen LogP contribution in [0.4, 0.5) is 0 Å². The standard InChI is InChI=1S/C14H15ClN4O2/c15-10-2-3-11-12(7-10)17-18-19(14(11)21)8-9-1-4-13(20)16-6-5-9/h2-3,7,9H,1,4-6,8H2,(H,16,20). The van der Waals surface area contributed by atoms with Crippen LogP contribution >= 0.6 is 11.6 Å². The average Bonchev–Trinajstić information content (AvgIpc) is 2.67. The van der Waals surface area contributed by atoms with Crippen molar-refractivity contribution in [3.8, 4) is 0 Å². The minimum atomic E-state index is -0.166. The molecule has 1 saturated heterocycles. The molecular weight excluding hydrogens is 292 g/mol. The highest BCUT2D eigenvalue weighted by molar-refractivity contribution is 6.31. The first-order valence-corrected chi connectivity index (χ1v) is 7.31. The molecule has 1 aliphatic heterocycles. The highest BCUT2D eigenvalue weighted by atomic mass is 35.5. The molecule has 0 saturated carbocycles. The molecule has 7 heteroatoms. The van der Waals surface area contributed by atoms with Crippen LogP contribution in [0.5, 0.6) is 0 Å². The molecular formula is C14H15ClN4O2. The molecule has 1 N–H and O–H groups in total. The zero-order chi connectivity index (χ0) is 14.8. The number of nitrogens with zero attached hydrogens (tertiary/aromatic N) is 3. The van der Waals surface area contributed by atoms with Crippen LogP contribution in [-0.2, 0) is 11.3 Å². The highest BCUT2D eigenvalue weighted by Gasteiger charge is 2.18. The normalized spacial score (nSPS) is 19.3. The number of hydrogen-bond donors (Lipinski definition) is 1. The van der Waals surface area contributed by atoms with Crippen molar-refractivity contribution in [2.45, 2.75) is 25.8 Å². The largest absolute Gasteiger partial charge is 0.356 e. The minimum Gasteiger partial charge on any atom is -0.356 e. The van der Waals surface area contributed by atoms with E-state index in [1.807, 2.05) is 0 Å². The molecule has 1 aromatic carbocycles. The molecule has 1 fully saturated rings. The number of halogens is 1. The van der Waals surface area contributed by atoms with E-state index >= 15 is 0 Å². The highest BCUT2D eigenvalue weighted by Crippen LogP contribution is 2.17. The predicted molar refractivity (Wildman–Crippen MR) is 79.2 cm³/mol. The number of rotatable bonds is 2. The summed E-state index contributed by atoms with van der Waals surface area (Å²) in [4.78, 5) is 23.7. The zero-order valence-corrected chi connectivity index (χ0v) is 12.1. The molecule has 0 aliphatic carbocycles. The molecule has 3 rings (SSSR count). The van der Waals surface area contributed by atoms with Gasteiger partial charge in [0.2, 0.25) is 5.91 Å². The summed E-state index contributed by atoms with van der Waals surface area (Å²) in [6.07, 6.45) is 2.10. The molecule has 0 radical (unpaired) electrons. The molecule has 0 spiro atoms. The SMILES string of the molecule is O=C1CCC(Cn2nnc3cc(Cl)ccc3c2=O)CCN1. The molecule has 1 unspecified atom stereocenters. The average molecular weight is 307 g/mol. The Kier molecular flexibility index (Phi) is 3.88. The number of nitrogens with one attached hydrogen (secondary N) is 1. The number of fused-ring (bicyclic) bond motifs is 1. The number of aromatic nitrogens is 3. The molecule has 1 aromatic heterocycles. The van der Waals surface area contributed by atoms with E-state index in [9.17, 15) is 9.59 Å². The second-order valence-electron chi connectivity index (χ2n) is 5.28. The van der Waals surface area contributed by atoms with Gasteiger partial charge in [-0.1, -0.05) is 16.8 Å². The first-order chi connectivity index (χ1) is 10.1. The molecule has 1 amide bonds. The molecule has 110 valence electrons. The van der Waals surface area contributed by atoms with Gasteiger partial charge in [-0.05, 0) is 37.0 Å². The third kappa shape index (κ3) is 3.05. The molecule has 2 heterocycles. The van der Waals surface area contributed by atoms with Gasteiger partial charge in [0.05, 0.1) is 5.39 Å². The van der Waals surface area contributed by atoms with Crippen molar-refractivity contribution in [2.24, 2.45) is 5.92 Å². The van der Waals surface area contributed by atoms with E-state index in [0.29, 0.717) is 35.4 Å². The van der Waals surface area contributed by atoms with E-state index < -0.39 is 0 Å². The zero-order valence-electron chi connectivity index (χ0n) is 11.4. The molecule has 1 atom stereocenters. The molecule has 1 aliphatic rings. The van der Waals surface area contributed by atoms with Crippen LogP contribution in [0.3, 0.4) is 0 Å². The van der Waals surface area contributed by atoms with Crippen molar-refractivity contribution >= 4 is 28.4 Å². The predicted octanol–water partition coefficient (Wildman–Crippen LogP) is 1.36. The Morgan fingerprint density at radius 3 is 3.05 bits per heavy atom. The summed E-state index contributed by atoms with van der Waals surface area (Å²) in [5, 5.41) is 11.9. The smallest absolute Gasteiger partial charge is 0.277 e. The summed E-state index contributed by atoms with van der Waals surface area (Å²) in [6.45, 7) is 1.13. The molecule has 6 nitrogen and oxygen atoms in total. The monoisotopic (exact) mass is 306 g/mol. The number of hydrogen-bond acceptors (Lipinski definition) is 4. The van der Waals surface area contributed by atoms with E-state index in [2.05, 4.69) is 15.6 Å². The van der Waals surface area contributed by atoms with Crippen molar-refractivity contribution in [2.75, 3.05) is 6.54 Å². The Morgan fingerprint density at radius 1 is 1.33 bits per heavy atom. The van der Waals surface area contributed by atoms with Crippen LogP contribution in [0.25, 0.3) is 10.9 Å². The fraction of sp³-hybridized carbons (Fsp3) is 0.429. The summed E-state index contributed by atoms with van der Waals surface area (Å²) >= 11 is 5.88. The van der Waals surface area contributed by atoms with Gasteiger partial charge in [0.15, 0.2) is 0 Å². The number of amides is 1. The quantitative estimate of drug-likeness (QED) is 0.909. The van der Waals surface area contributed by atoms with Gasteiger partial charge < -0.3 is 5.32 Å². The fourth-order valence-corrected chi connectivity index (χ4v) is 2.75. The maximum atomic E-state index is 12.4. The van der Waals surface area contributed by atoms with Crippen LogP contribution in [0, 0.1) is 5.92 Å². The van der Waals surface area contributed by atoms with Gasteiger partial charge in [0.1, 0.15) is 5.52 Å². The first-order valence-electron chi connectivity index (χ1n) is 6.93. The van der Waals surface area contributed by atoms with E-state index in [4.69, 9.17) is 11.6 Å². The van der Waals surface area contributed by atoms with Gasteiger partial charge >= 0.3 is 0 Å². The van der Waals surface area contributed by atoms with Crippen molar-refractivity contribution < 1.29 is 4.79 Å². The fourth-order valence-electron chi connectivity index (χ4n) is 2.58. The van der Waals surface area contributed by atoms with Gasteiger partial charge in [-0.3, -0.25) is 9.59 Å². The molecule has 21 heavy (non-hydrogen) atoms. The van der Waals surface area contributed by atoms with Crippen molar-refractivity contribution in [1.29, 1.82) is 0 Å². The lowest BCUT2D eigenvalue weighted by Crippen LogP contribution is -2.28. The Bertz CT molecular complexity index is 743. The minimum absolute atomic E-state index is 0.0732. The first kappa shape index (κ1) is 14.0. The van der Waals surface area contributed by atoms with Crippen LogP contribution in [0.2, 0.25) is 5.02 Å². The van der Waals surface area contributed by atoms with E-state index in [1.165, 1.54) is 4.68 Å². The van der Waals surface area contributed by atoms with Crippen LogP contribution < -0.4 is 10.9 Å². The van der Waals surface area contributed by atoms with Crippen molar-refractivity contribution in [1.82, 2.24) is 20.3 Å². The van der Waals surface area contributed by atoms with Crippen LogP contribution in [-0.4, -0.2) is 27.4 Å². The third-order valence-electron chi connectivity index (χ3n) is 3.77. The molecule has 2 aromatic rings. The van der Waals surface area contributed by atoms with Crippen molar-refractivity contribution in [3.63, 3.8) is 0 Å². The Labute approximate surface area is 126 Å². The van der Waals surface area contributed by atoms with Gasteiger partial charge in [-0.2, -0.15) is 0 Å². The summed E-state index contributed by atoms with van der Waals surface area (Å²) in [6, 6.07) is 4.97. The topological polar surface area (TPSA) is 76.9 Å². The van der Waals surface area contributed by atoms with Crippen LogP contribution in [0.15, 0.2) is 23.0 Å². The molecule has 0 bridgehead atoms. The number of carbonyl (C=O) groups is 1. The second kappa shape index (κ2) is 5.81. The Morgan fingerprint density at radius 2 is 2.19 bits per heavy atom. The number of benzene rings is 1. The van der Waals surface area contributed by atoms with E-state index in [1.54, 1.807) is 18.2 Å².